The van der Waals surface area contributed by atoms with Gasteiger partial charge in [-0.25, -0.2) is 0 Å². The lowest BCUT2D eigenvalue weighted by atomic mass is 10.3. The van der Waals surface area contributed by atoms with Gasteiger partial charge in [0.1, 0.15) is 0 Å². The van der Waals surface area contributed by atoms with Crippen LogP contribution in [-0.2, 0) is 4.79 Å². The summed E-state index contributed by atoms with van der Waals surface area (Å²) in [7, 11) is 3.88. The van der Waals surface area contributed by atoms with Gasteiger partial charge in [-0.3, -0.25) is 9.69 Å². The zero-order valence-electron chi connectivity index (χ0n) is 10.8. The molecule has 2 N–H and O–H groups in total. The molecule has 16 heavy (non-hydrogen) atoms. The van der Waals surface area contributed by atoms with Gasteiger partial charge in [0.25, 0.3) is 0 Å². The fourth-order valence-electron chi connectivity index (χ4n) is 1.92. The Morgan fingerprint density at radius 2 is 2.06 bits per heavy atom. The van der Waals surface area contributed by atoms with E-state index in [0.29, 0.717) is 13.1 Å². The van der Waals surface area contributed by atoms with E-state index in [0.717, 1.165) is 31.3 Å². The minimum atomic E-state index is 0.198. The molecule has 94 valence electrons. The second-order valence-corrected chi connectivity index (χ2v) is 5.13. The average molecular weight is 227 g/mol. The Morgan fingerprint density at radius 1 is 1.44 bits per heavy atom. The summed E-state index contributed by atoms with van der Waals surface area (Å²) in [5, 5.41) is 0. The maximum Gasteiger partial charge on any atom is 0.236 e. The zero-order chi connectivity index (χ0) is 12.1. The van der Waals surface area contributed by atoms with Crippen molar-refractivity contribution >= 4 is 5.91 Å². The number of carbonyl (C=O) groups is 1. The van der Waals surface area contributed by atoms with E-state index in [1.807, 2.05) is 14.1 Å². The van der Waals surface area contributed by atoms with Gasteiger partial charge in [-0.1, -0.05) is 6.92 Å². The lowest BCUT2D eigenvalue weighted by Gasteiger charge is -2.21. The highest BCUT2D eigenvalue weighted by molar-refractivity contribution is 5.77. The second-order valence-electron chi connectivity index (χ2n) is 5.13. The van der Waals surface area contributed by atoms with Gasteiger partial charge in [0, 0.05) is 20.1 Å². The quantitative estimate of drug-likeness (QED) is 0.684. The van der Waals surface area contributed by atoms with Gasteiger partial charge in [0.2, 0.25) is 5.91 Å². The van der Waals surface area contributed by atoms with Crippen LogP contribution >= 0.6 is 0 Å². The molecule has 2 atom stereocenters. The van der Waals surface area contributed by atoms with Crippen LogP contribution in [0.3, 0.4) is 0 Å². The smallest absolute Gasteiger partial charge is 0.236 e. The van der Waals surface area contributed by atoms with E-state index < -0.39 is 0 Å². The van der Waals surface area contributed by atoms with Gasteiger partial charge in [0.15, 0.2) is 0 Å². The van der Waals surface area contributed by atoms with Crippen LogP contribution in [0, 0.1) is 11.8 Å². The molecule has 1 fully saturated rings. The molecule has 1 aliphatic carbocycles. The van der Waals surface area contributed by atoms with Gasteiger partial charge in [-0.2, -0.15) is 0 Å². The van der Waals surface area contributed by atoms with Crippen LogP contribution in [0.4, 0.5) is 0 Å². The number of hydrogen-bond donors (Lipinski definition) is 1. The minimum absolute atomic E-state index is 0.198. The molecule has 0 bridgehead atoms. The summed E-state index contributed by atoms with van der Waals surface area (Å²) in [6.07, 6.45) is 2.20. The van der Waals surface area contributed by atoms with Gasteiger partial charge in [0.05, 0.1) is 6.54 Å². The standard InChI is InChI=1S/C12H25N3O/c1-10-7-11(10)8-14(2)9-12(16)15(3)6-4-5-13/h10-11H,4-9,13H2,1-3H3. The largest absolute Gasteiger partial charge is 0.345 e. The summed E-state index contributed by atoms with van der Waals surface area (Å²) in [5.41, 5.74) is 5.42. The fourth-order valence-corrected chi connectivity index (χ4v) is 1.92. The van der Waals surface area contributed by atoms with Crippen LogP contribution in [0.2, 0.25) is 0 Å². The van der Waals surface area contributed by atoms with E-state index >= 15 is 0 Å². The van der Waals surface area contributed by atoms with Gasteiger partial charge in [-0.15, -0.1) is 0 Å². The third-order valence-electron chi connectivity index (χ3n) is 3.35. The third kappa shape index (κ3) is 4.49. The number of nitrogens with two attached hydrogens (primary N) is 1. The summed E-state index contributed by atoms with van der Waals surface area (Å²) in [5.74, 6) is 1.86. The number of hydrogen-bond acceptors (Lipinski definition) is 3. The highest BCUT2D eigenvalue weighted by atomic mass is 16.2. The Kier molecular flexibility index (Phi) is 5.22. The second kappa shape index (κ2) is 6.21. The van der Waals surface area contributed by atoms with Crippen LogP contribution in [0.15, 0.2) is 0 Å². The van der Waals surface area contributed by atoms with Crippen LogP contribution in [-0.4, -0.2) is 56.0 Å². The van der Waals surface area contributed by atoms with Crippen LogP contribution in [0.1, 0.15) is 19.8 Å². The van der Waals surface area contributed by atoms with Crippen molar-refractivity contribution in [2.75, 3.05) is 40.3 Å². The maximum atomic E-state index is 11.8. The zero-order valence-corrected chi connectivity index (χ0v) is 10.8. The number of likely N-dealkylation sites (N-methyl/N-ethyl adjacent to an activating group) is 2. The predicted molar refractivity (Wildman–Crippen MR) is 66.1 cm³/mol. The molecule has 0 heterocycles. The van der Waals surface area contributed by atoms with Gasteiger partial charge < -0.3 is 10.6 Å². The first-order valence-corrected chi connectivity index (χ1v) is 6.17. The SMILES string of the molecule is CC1CC1CN(C)CC(=O)N(C)CCCN. The molecule has 1 amide bonds. The summed E-state index contributed by atoms with van der Waals surface area (Å²) in [6.45, 7) is 5.27. The van der Waals surface area contributed by atoms with Gasteiger partial charge >= 0.3 is 0 Å². The molecule has 1 rings (SSSR count). The highest BCUT2D eigenvalue weighted by Gasteiger charge is 2.33. The molecule has 0 aromatic rings. The summed E-state index contributed by atoms with van der Waals surface area (Å²) in [4.78, 5) is 15.7. The Hall–Kier alpha value is -0.610. The molecular weight excluding hydrogens is 202 g/mol. The first-order chi connectivity index (χ1) is 7.54. The molecule has 0 saturated heterocycles. The Bertz CT molecular complexity index is 232. The van der Waals surface area contributed by atoms with Crippen LogP contribution in [0.5, 0.6) is 0 Å². The Morgan fingerprint density at radius 3 is 2.56 bits per heavy atom. The number of carbonyl (C=O) groups excluding carboxylic acids is 1. The molecular formula is C12H25N3O. The molecule has 4 nitrogen and oxygen atoms in total. The third-order valence-corrected chi connectivity index (χ3v) is 3.35. The summed E-state index contributed by atoms with van der Waals surface area (Å²) in [6, 6.07) is 0. The van der Waals surface area contributed by atoms with Crippen molar-refractivity contribution in [3.05, 3.63) is 0 Å². The average Bonchev–Trinajstić information content (AvgIpc) is 2.90. The van der Waals surface area contributed by atoms with Crippen molar-refractivity contribution in [1.29, 1.82) is 0 Å². The van der Waals surface area contributed by atoms with Crippen molar-refractivity contribution in [2.45, 2.75) is 19.8 Å². The Balaban J connectivity index is 2.16. The van der Waals surface area contributed by atoms with Crippen molar-refractivity contribution in [2.24, 2.45) is 17.6 Å². The first-order valence-electron chi connectivity index (χ1n) is 6.17. The highest BCUT2D eigenvalue weighted by Crippen LogP contribution is 2.37. The van der Waals surface area contributed by atoms with Gasteiger partial charge in [-0.05, 0) is 38.3 Å². The number of rotatable bonds is 7. The molecule has 1 aliphatic rings. The van der Waals surface area contributed by atoms with E-state index in [-0.39, 0.29) is 5.91 Å². The number of amides is 1. The molecule has 2 unspecified atom stereocenters. The van der Waals surface area contributed by atoms with E-state index in [4.69, 9.17) is 5.73 Å². The monoisotopic (exact) mass is 227 g/mol. The van der Waals surface area contributed by atoms with Crippen molar-refractivity contribution < 1.29 is 4.79 Å². The molecule has 1 saturated carbocycles. The van der Waals surface area contributed by atoms with E-state index in [2.05, 4.69) is 11.8 Å². The summed E-state index contributed by atoms with van der Waals surface area (Å²) >= 11 is 0. The number of nitrogens with zero attached hydrogens (tertiary/aromatic N) is 2. The van der Waals surface area contributed by atoms with E-state index in [9.17, 15) is 4.79 Å². The van der Waals surface area contributed by atoms with Crippen LogP contribution < -0.4 is 5.73 Å². The first kappa shape index (κ1) is 13.5. The van der Waals surface area contributed by atoms with Crippen LogP contribution in [0.25, 0.3) is 0 Å². The van der Waals surface area contributed by atoms with E-state index in [1.54, 1.807) is 4.90 Å². The topological polar surface area (TPSA) is 49.6 Å². The molecule has 0 aromatic heterocycles. The predicted octanol–water partition coefficient (Wildman–Crippen LogP) is 0.381. The normalized spacial score (nSPS) is 23.6. The Labute approximate surface area is 98.8 Å². The minimum Gasteiger partial charge on any atom is -0.345 e. The van der Waals surface area contributed by atoms with Crippen molar-refractivity contribution in [3.8, 4) is 0 Å². The van der Waals surface area contributed by atoms with Crippen molar-refractivity contribution in [1.82, 2.24) is 9.80 Å². The summed E-state index contributed by atoms with van der Waals surface area (Å²) < 4.78 is 0. The molecule has 4 heteroatoms. The maximum absolute atomic E-state index is 11.8. The molecule has 0 spiro atoms. The molecule has 0 radical (unpaired) electrons. The lowest BCUT2D eigenvalue weighted by molar-refractivity contribution is -0.130. The molecule has 0 aromatic carbocycles. The van der Waals surface area contributed by atoms with Crippen molar-refractivity contribution in [3.63, 3.8) is 0 Å². The molecule has 0 aliphatic heterocycles. The fraction of sp³-hybridized carbons (Fsp3) is 0.917. The lowest BCUT2D eigenvalue weighted by Crippen LogP contribution is -2.38. The van der Waals surface area contributed by atoms with E-state index in [1.165, 1.54) is 6.42 Å².